The van der Waals surface area contributed by atoms with Crippen molar-refractivity contribution in [1.82, 2.24) is 9.80 Å². The molecule has 0 bridgehead atoms. The van der Waals surface area contributed by atoms with Gasteiger partial charge in [0.05, 0.1) is 18.8 Å². The number of ether oxygens (including phenoxy) is 1. The minimum atomic E-state index is 0.311. The van der Waals surface area contributed by atoms with Gasteiger partial charge in [-0.15, -0.1) is 0 Å². The zero-order valence-corrected chi connectivity index (χ0v) is 11.5. The maximum atomic E-state index is 12.4. The number of carbonyl (C=O) groups excluding carboxylic acids is 1. The maximum Gasteiger partial charge on any atom is 0.225 e. The largest absolute Gasteiger partial charge is 0.375 e. The molecule has 3 rings (SSSR count). The van der Waals surface area contributed by atoms with Crippen LogP contribution in [-0.4, -0.2) is 61.1 Å². The summed E-state index contributed by atoms with van der Waals surface area (Å²) in [6.45, 7) is 5.82. The Morgan fingerprint density at radius 2 is 2.06 bits per heavy atom. The molecule has 18 heavy (non-hydrogen) atoms. The Morgan fingerprint density at radius 3 is 2.78 bits per heavy atom. The van der Waals surface area contributed by atoms with E-state index in [0.717, 1.165) is 51.4 Å². The van der Waals surface area contributed by atoms with E-state index >= 15 is 0 Å². The molecule has 0 radical (unpaired) electrons. The van der Waals surface area contributed by atoms with Crippen molar-refractivity contribution < 1.29 is 9.53 Å². The fraction of sp³-hybridized carbons (Fsp3) is 0.929. The van der Waals surface area contributed by atoms with E-state index in [4.69, 9.17) is 4.74 Å². The molecule has 4 heteroatoms. The van der Waals surface area contributed by atoms with Crippen LogP contribution in [0.25, 0.3) is 0 Å². The van der Waals surface area contributed by atoms with Gasteiger partial charge in [0, 0.05) is 25.6 Å². The molecule has 0 aromatic rings. The standard InChI is InChI=1S/C14H24N2O2/c1-10-7-11(8-10)14(17)16-4-3-13-12(9-16)15(2)5-6-18-13/h10-13H,3-9H2,1-2H3/t10?,11?,12-,13?/m0/s1. The Balaban J connectivity index is 1.60. The lowest BCUT2D eigenvalue weighted by Gasteiger charge is -2.47. The van der Waals surface area contributed by atoms with Crippen molar-refractivity contribution in [1.29, 1.82) is 0 Å². The molecule has 2 saturated heterocycles. The first-order chi connectivity index (χ1) is 8.65. The second kappa shape index (κ2) is 4.82. The molecule has 0 aromatic carbocycles. The number of hydrogen-bond acceptors (Lipinski definition) is 3. The lowest BCUT2D eigenvalue weighted by atomic mass is 9.75. The Labute approximate surface area is 109 Å². The van der Waals surface area contributed by atoms with Crippen molar-refractivity contribution in [3.8, 4) is 0 Å². The summed E-state index contributed by atoms with van der Waals surface area (Å²) in [4.78, 5) is 16.8. The van der Waals surface area contributed by atoms with Gasteiger partial charge in [-0.05, 0) is 32.2 Å². The van der Waals surface area contributed by atoms with Gasteiger partial charge in [-0.1, -0.05) is 6.92 Å². The number of piperidine rings is 1. The molecule has 4 nitrogen and oxygen atoms in total. The van der Waals surface area contributed by atoms with Gasteiger partial charge in [-0.2, -0.15) is 0 Å². The van der Waals surface area contributed by atoms with Crippen LogP contribution >= 0.6 is 0 Å². The van der Waals surface area contributed by atoms with Gasteiger partial charge < -0.3 is 9.64 Å². The van der Waals surface area contributed by atoms with Crippen LogP contribution in [0, 0.1) is 11.8 Å². The zero-order chi connectivity index (χ0) is 12.7. The Hall–Kier alpha value is -0.610. The number of rotatable bonds is 1. The zero-order valence-electron chi connectivity index (χ0n) is 11.5. The van der Waals surface area contributed by atoms with E-state index in [1.54, 1.807) is 0 Å². The number of likely N-dealkylation sites (tertiary alicyclic amines) is 1. The van der Waals surface area contributed by atoms with Gasteiger partial charge in [0.1, 0.15) is 0 Å². The average molecular weight is 252 g/mol. The van der Waals surface area contributed by atoms with Crippen LogP contribution in [-0.2, 0) is 9.53 Å². The smallest absolute Gasteiger partial charge is 0.225 e. The summed E-state index contributed by atoms with van der Waals surface area (Å²) in [5, 5.41) is 0. The van der Waals surface area contributed by atoms with Crippen molar-refractivity contribution in [3.63, 3.8) is 0 Å². The predicted molar refractivity (Wildman–Crippen MR) is 69.2 cm³/mol. The van der Waals surface area contributed by atoms with E-state index in [1.165, 1.54) is 0 Å². The van der Waals surface area contributed by atoms with Gasteiger partial charge >= 0.3 is 0 Å². The second-order valence-electron chi connectivity index (χ2n) is 6.30. The first kappa shape index (κ1) is 12.4. The quantitative estimate of drug-likeness (QED) is 0.697. The number of likely N-dealkylation sites (N-methyl/N-ethyl adjacent to an activating group) is 1. The van der Waals surface area contributed by atoms with Crippen LogP contribution < -0.4 is 0 Å². The molecule has 3 fully saturated rings. The van der Waals surface area contributed by atoms with E-state index in [0.29, 0.717) is 24.0 Å². The van der Waals surface area contributed by atoms with Gasteiger partial charge in [0.15, 0.2) is 0 Å². The monoisotopic (exact) mass is 252 g/mol. The lowest BCUT2D eigenvalue weighted by molar-refractivity contribution is -0.149. The van der Waals surface area contributed by atoms with Gasteiger partial charge in [0.25, 0.3) is 0 Å². The SMILES string of the molecule is CC1CC(C(=O)N2CCC3OCCN(C)[C@H]3C2)C1. The number of hydrogen-bond donors (Lipinski definition) is 0. The summed E-state index contributed by atoms with van der Waals surface area (Å²) in [6, 6.07) is 0.411. The van der Waals surface area contributed by atoms with Crippen LogP contribution in [0.15, 0.2) is 0 Å². The summed E-state index contributed by atoms with van der Waals surface area (Å²) in [5.74, 6) is 1.45. The Bertz CT molecular complexity index is 328. The molecular weight excluding hydrogens is 228 g/mol. The molecule has 1 aliphatic carbocycles. The summed E-state index contributed by atoms with van der Waals surface area (Å²) < 4.78 is 5.82. The highest BCUT2D eigenvalue weighted by Gasteiger charge is 2.40. The highest BCUT2D eigenvalue weighted by molar-refractivity contribution is 5.79. The highest BCUT2D eigenvalue weighted by atomic mass is 16.5. The first-order valence-corrected chi connectivity index (χ1v) is 7.26. The number of morpholine rings is 1. The number of carbonyl (C=O) groups is 1. The summed E-state index contributed by atoms with van der Waals surface area (Å²) in [6.07, 6.45) is 3.53. The van der Waals surface area contributed by atoms with E-state index in [2.05, 4.69) is 23.8 Å². The van der Waals surface area contributed by atoms with Crippen LogP contribution in [0.3, 0.4) is 0 Å². The molecule has 2 heterocycles. The normalized spacial score (nSPS) is 41.1. The summed E-state index contributed by atoms with van der Waals surface area (Å²) in [7, 11) is 2.15. The molecule has 1 unspecified atom stereocenters. The van der Waals surface area contributed by atoms with Crippen molar-refractivity contribution in [2.24, 2.45) is 11.8 Å². The van der Waals surface area contributed by atoms with E-state index < -0.39 is 0 Å². The second-order valence-corrected chi connectivity index (χ2v) is 6.30. The summed E-state index contributed by atoms with van der Waals surface area (Å²) in [5.41, 5.74) is 0. The first-order valence-electron chi connectivity index (χ1n) is 7.26. The fourth-order valence-electron chi connectivity index (χ4n) is 3.60. The van der Waals surface area contributed by atoms with Crippen molar-refractivity contribution >= 4 is 5.91 Å². The predicted octanol–water partition coefficient (Wildman–Crippen LogP) is 0.964. The molecule has 2 aliphatic heterocycles. The Kier molecular flexibility index (Phi) is 3.32. The number of nitrogens with zero attached hydrogens (tertiary/aromatic N) is 2. The van der Waals surface area contributed by atoms with Gasteiger partial charge in [-0.25, -0.2) is 0 Å². The van der Waals surface area contributed by atoms with Crippen molar-refractivity contribution in [2.45, 2.75) is 38.3 Å². The van der Waals surface area contributed by atoms with Crippen molar-refractivity contribution in [3.05, 3.63) is 0 Å². The third kappa shape index (κ3) is 2.16. The van der Waals surface area contributed by atoms with Crippen LogP contribution in [0.5, 0.6) is 0 Å². The minimum Gasteiger partial charge on any atom is -0.375 e. The maximum absolute atomic E-state index is 12.4. The Morgan fingerprint density at radius 1 is 1.28 bits per heavy atom. The third-order valence-corrected chi connectivity index (χ3v) is 4.90. The number of fused-ring (bicyclic) bond motifs is 1. The van der Waals surface area contributed by atoms with E-state index in [9.17, 15) is 4.79 Å². The summed E-state index contributed by atoms with van der Waals surface area (Å²) >= 11 is 0. The van der Waals surface area contributed by atoms with Gasteiger partial charge in [-0.3, -0.25) is 9.69 Å². The number of amides is 1. The molecule has 102 valence electrons. The van der Waals surface area contributed by atoms with E-state index in [-0.39, 0.29) is 0 Å². The average Bonchev–Trinajstić information content (AvgIpc) is 2.34. The van der Waals surface area contributed by atoms with Crippen LogP contribution in [0.2, 0.25) is 0 Å². The van der Waals surface area contributed by atoms with Gasteiger partial charge in [0.2, 0.25) is 5.91 Å². The molecule has 1 amide bonds. The molecular formula is C14H24N2O2. The van der Waals surface area contributed by atoms with Crippen LogP contribution in [0.4, 0.5) is 0 Å². The highest BCUT2D eigenvalue weighted by Crippen LogP contribution is 2.35. The molecule has 0 aromatic heterocycles. The van der Waals surface area contributed by atoms with Crippen molar-refractivity contribution in [2.75, 3.05) is 33.3 Å². The fourth-order valence-corrected chi connectivity index (χ4v) is 3.60. The molecule has 0 spiro atoms. The molecule has 3 aliphatic rings. The molecule has 0 N–H and O–H groups in total. The topological polar surface area (TPSA) is 32.8 Å². The minimum absolute atomic E-state index is 0.311. The lowest BCUT2D eigenvalue weighted by Crippen LogP contribution is -2.60. The molecule has 2 atom stereocenters. The molecule has 1 saturated carbocycles. The third-order valence-electron chi connectivity index (χ3n) is 4.90. The van der Waals surface area contributed by atoms with E-state index in [1.807, 2.05) is 0 Å². The van der Waals surface area contributed by atoms with Crippen LogP contribution in [0.1, 0.15) is 26.2 Å².